The normalized spacial score (nSPS) is 13.3. The Labute approximate surface area is 159 Å². The van der Waals surface area contributed by atoms with Gasteiger partial charge in [0.2, 0.25) is 0 Å². The number of ether oxygens (including phenoxy) is 1. The molecule has 2 N–H and O–H groups in total. The van der Waals surface area contributed by atoms with Gasteiger partial charge in [-0.3, -0.25) is 4.79 Å². The van der Waals surface area contributed by atoms with Crippen LogP contribution in [-0.2, 0) is 21.7 Å². The van der Waals surface area contributed by atoms with Crippen molar-refractivity contribution in [2.45, 2.75) is 25.5 Å². The number of nitrogens with one attached hydrogen (secondary N) is 1. The summed E-state index contributed by atoms with van der Waals surface area (Å²) < 4.78 is 5.08. The van der Waals surface area contributed by atoms with Crippen molar-refractivity contribution in [2.24, 2.45) is 0 Å². The Hall–Kier alpha value is -2.69. The first-order valence-electron chi connectivity index (χ1n) is 9.23. The van der Waals surface area contributed by atoms with Gasteiger partial charge in [-0.05, 0) is 34.9 Å². The fraction of sp³-hybridized carbons (Fsp3) is 0.261. The van der Waals surface area contributed by atoms with Crippen LogP contribution in [0.2, 0.25) is 0 Å². The summed E-state index contributed by atoms with van der Waals surface area (Å²) in [5.41, 5.74) is 0.481. The van der Waals surface area contributed by atoms with Crippen LogP contribution in [0.15, 0.2) is 72.8 Å². The molecule has 0 heterocycles. The molecule has 0 amide bonds. The molecule has 1 atom stereocenters. The van der Waals surface area contributed by atoms with Crippen molar-refractivity contribution in [3.8, 4) is 0 Å². The van der Waals surface area contributed by atoms with E-state index in [0.29, 0.717) is 18.7 Å². The summed E-state index contributed by atoms with van der Waals surface area (Å²) in [7, 11) is 0. The molecule has 0 aromatic heterocycles. The van der Waals surface area contributed by atoms with Gasteiger partial charge >= 0.3 is 5.97 Å². The minimum absolute atomic E-state index is 0.0963. The smallest absolute Gasteiger partial charge is 0.309 e. The summed E-state index contributed by atoms with van der Waals surface area (Å²) in [6.45, 7) is 2.92. The Balaban J connectivity index is 1.82. The number of benzene rings is 3. The van der Waals surface area contributed by atoms with Crippen molar-refractivity contribution in [1.29, 1.82) is 0 Å². The molecule has 27 heavy (non-hydrogen) atoms. The first-order chi connectivity index (χ1) is 13.1. The van der Waals surface area contributed by atoms with Gasteiger partial charge in [-0.2, -0.15) is 0 Å². The molecule has 3 aromatic rings. The fourth-order valence-corrected chi connectivity index (χ4v) is 3.21. The quantitative estimate of drug-likeness (QED) is 0.598. The minimum atomic E-state index is -1.34. The highest BCUT2D eigenvalue weighted by Gasteiger charge is 2.33. The SMILES string of the molecule is CCOC(=O)CC(O)(CNCc1ccccc1)c1ccc2ccccc2c1. The fourth-order valence-electron chi connectivity index (χ4n) is 3.21. The minimum Gasteiger partial charge on any atom is -0.466 e. The van der Waals surface area contributed by atoms with E-state index >= 15 is 0 Å². The molecule has 0 bridgehead atoms. The van der Waals surface area contributed by atoms with Crippen LogP contribution in [0.4, 0.5) is 0 Å². The topological polar surface area (TPSA) is 58.6 Å². The van der Waals surface area contributed by atoms with Crippen molar-refractivity contribution >= 4 is 16.7 Å². The molecule has 3 aromatic carbocycles. The van der Waals surface area contributed by atoms with E-state index in [0.717, 1.165) is 16.3 Å². The van der Waals surface area contributed by atoms with E-state index in [1.807, 2.05) is 72.8 Å². The molecule has 0 saturated carbocycles. The van der Waals surface area contributed by atoms with Crippen LogP contribution in [-0.4, -0.2) is 24.2 Å². The third kappa shape index (κ3) is 4.94. The third-order valence-corrected chi connectivity index (χ3v) is 4.62. The van der Waals surface area contributed by atoms with Gasteiger partial charge in [-0.15, -0.1) is 0 Å². The van der Waals surface area contributed by atoms with Gasteiger partial charge < -0.3 is 15.2 Å². The molecule has 0 aliphatic carbocycles. The molecule has 0 radical (unpaired) electrons. The maximum absolute atomic E-state index is 12.1. The molecule has 0 fully saturated rings. The highest BCUT2D eigenvalue weighted by Crippen LogP contribution is 2.28. The van der Waals surface area contributed by atoms with Crippen LogP contribution in [0, 0.1) is 0 Å². The first-order valence-corrected chi connectivity index (χ1v) is 9.23. The lowest BCUT2D eigenvalue weighted by atomic mass is 9.88. The summed E-state index contributed by atoms with van der Waals surface area (Å²) in [5.74, 6) is -0.408. The predicted octanol–water partition coefficient (Wildman–Crippen LogP) is 3.77. The molecular formula is C23H25NO3. The summed E-state index contributed by atoms with van der Waals surface area (Å²) in [5, 5.41) is 16.8. The summed E-state index contributed by atoms with van der Waals surface area (Å²) >= 11 is 0. The van der Waals surface area contributed by atoms with Crippen molar-refractivity contribution in [2.75, 3.05) is 13.2 Å². The number of fused-ring (bicyclic) bond motifs is 1. The largest absolute Gasteiger partial charge is 0.466 e. The van der Waals surface area contributed by atoms with Gasteiger partial charge in [0, 0.05) is 13.1 Å². The van der Waals surface area contributed by atoms with Crippen molar-refractivity contribution in [3.05, 3.63) is 83.9 Å². The lowest BCUT2D eigenvalue weighted by molar-refractivity contribution is -0.149. The number of carbonyl (C=O) groups excluding carboxylic acids is 1. The molecule has 0 spiro atoms. The second kappa shape index (κ2) is 8.80. The molecule has 1 unspecified atom stereocenters. The van der Waals surface area contributed by atoms with Crippen LogP contribution < -0.4 is 5.32 Å². The van der Waals surface area contributed by atoms with Crippen LogP contribution in [0.25, 0.3) is 10.8 Å². The summed E-state index contributed by atoms with van der Waals surface area (Å²) in [4.78, 5) is 12.1. The van der Waals surface area contributed by atoms with E-state index in [1.54, 1.807) is 6.92 Å². The zero-order valence-electron chi connectivity index (χ0n) is 15.5. The van der Waals surface area contributed by atoms with Gasteiger partial charge in [-0.1, -0.05) is 66.7 Å². The Morgan fingerprint density at radius 1 is 1.00 bits per heavy atom. The number of rotatable bonds is 8. The average molecular weight is 363 g/mol. The molecular weight excluding hydrogens is 338 g/mol. The Morgan fingerprint density at radius 3 is 2.44 bits per heavy atom. The van der Waals surface area contributed by atoms with Crippen LogP contribution >= 0.6 is 0 Å². The monoisotopic (exact) mass is 363 g/mol. The lowest BCUT2D eigenvalue weighted by Crippen LogP contribution is -2.40. The van der Waals surface area contributed by atoms with Crippen LogP contribution in [0.3, 0.4) is 0 Å². The molecule has 0 saturated heterocycles. The van der Waals surface area contributed by atoms with Crippen LogP contribution in [0.5, 0.6) is 0 Å². The zero-order valence-corrected chi connectivity index (χ0v) is 15.5. The van der Waals surface area contributed by atoms with Crippen molar-refractivity contribution in [1.82, 2.24) is 5.32 Å². The van der Waals surface area contributed by atoms with Gasteiger partial charge in [0.25, 0.3) is 0 Å². The Morgan fingerprint density at radius 2 is 1.70 bits per heavy atom. The summed E-state index contributed by atoms with van der Waals surface area (Å²) in [6, 6.07) is 23.7. The first kappa shape index (κ1) is 19.1. The second-order valence-corrected chi connectivity index (χ2v) is 6.66. The maximum Gasteiger partial charge on any atom is 0.309 e. The highest BCUT2D eigenvalue weighted by molar-refractivity contribution is 5.83. The zero-order chi connectivity index (χ0) is 19.1. The van der Waals surface area contributed by atoms with Crippen LogP contribution in [0.1, 0.15) is 24.5 Å². The Bertz CT molecular complexity index is 894. The number of hydrogen-bond donors (Lipinski definition) is 2. The molecule has 0 aliphatic heterocycles. The maximum atomic E-state index is 12.1. The molecule has 4 nitrogen and oxygen atoms in total. The molecule has 0 aliphatic rings. The number of hydrogen-bond acceptors (Lipinski definition) is 4. The van der Waals surface area contributed by atoms with Gasteiger partial charge in [0.1, 0.15) is 5.60 Å². The van der Waals surface area contributed by atoms with E-state index in [2.05, 4.69) is 5.32 Å². The van der Waals surface area contributed by atoms with E-state index in [9.17, 15) is 9.90 Å². The number of carbonyl (C=O) groups is 1. The standard InChI is InChI=1S/C23H25NO3/c1-2-27-22(25)15-23(26,17-24-16-18-8-4-3-5-9-18)21-13-12-19-10-6-7-11-20(19)14-21/h3-14,24,26H,2,15-17H2,1H3. The van der Waals surface area contributed by atoms with Crippen molar-refractivity contribution in [3.63, 3.8) is 0 Å². The van der Waals surface area contributed by atoms with E-state index in [-0.39, 0.29) is 13.0 Å². The molecule has 140 valence electrons. The van der Waals surface area contributed by atoms with E-state index in [1.165, 1.54) is 0 Å². The van der Waals surface area contributed by atoms with Gasteiger partial charge in [0.05, 0.1) is 13.0 Å². The lowest BCUT2D eigenvalue weighted by Gasteiger charge is -2.28. The van der Waals surface area contributed by atoms with Gasteiger partial charge in [-0.25, -0.2) is 0 Å². The summed E-state index contributed by atoms with van der Waals surface area (Å²) in [6.07, 6.45) is -0.0963. The highest BCUT2D eigenvalue weighted by atomic mass is 16.5. The second-order valence-electron chi connectivity index (χ2n) is 6.66. The van der Waals surface area contributed by atoms with Crippen molar-refractivity contribution < 1.29 is 14.6 Å². The number of esters is 1. The van der Waals surface area contributed by atoms with E-state index in [4.69, 9.17) is 4.74 Å². The molecule has 3 rings (SSSR count). The van der Waals surface area contributed by atoms with Gasteiger partial charge in [0.15, 0.2) is 0 Å². The predicted molar refractivity (Wildman–Crippen MR) is 107 cm³/mol. The average Bonchev–Trinajstić information content (AvgIpc) is 2.68. The molecule has 4 heteroatoms. The van der Waals surface area contributed by atoms with E-state index < -0.39 is 11.6 Å². The Kier molecular flexibility index (Phi) is 6.22. The number of aliphatic hydroxyl groups is 1. The third-order valence-electron chi connectivity index (χ3n) is 4.62.